The molecule has 29 heavy (non-hydrogen) atoms. The first-order chi connectivity index (χ1) is 14.2. The summed E-state index contributed by atoms with van der Waals surface area (Å²) in [5.74, 6) is 2.21. The number of aromatic amines is 1. The number of aromatic nitrogens is 2. The molecule has 3 heterocycles. The Kier molecular flexibility index (Phi) is 6.32. The number of nitrogens with one attached hydrogen (secondary N) is 1. The highest BCUT2D eigenvalue weighted by Gasteiger charge is 2.23. The quantitative estimate of drug-likeness (QED) is 0.625. The van der Waals surface area contributed by atoms with Gasteiger partial charge in [0.25, 0.3) is 0 Å². The van der Waals surface area contributed by atoms with Gasteiger partial charge in [-0.1, -0.05) is 0 Å². The van der Waals surface area contributed by atoms with E-state index in [0.717, 1.165) is 56.3 Å². The molecule has 6 heteroatoms. The Labute approximate surface area is 171 Å². The average Bonchev–Trinajstić information content (AvgIpc) is 3.13. The van der Waals surface area contributed by atoms with Crippen LogP contribution in [0.1, 0.15) is 30.0 Å². The molecule has 1 N–H and O–H groups in total. The molecular formula is C23H29N3O3. The van der Waals surface area contributed by atoms with Crippen molar-refractivity contribution in [2.24, 2.45) is 0 Å². The normalized spacial score (nSPS) is 15.1. The number of rotatable bonds is 8. The van der Waals surface area contributed by atoms with E-state index in [9.17, 15) is 0 Å². The van der Waals surface area contributed by atoms with Crippen LogP contribution in [0.25, 0.3) is 11.0 Å². The maximum absolute atomic E-state index is 5.90. The Balaban J connectivity index is 1.42. The van der Waals surface area contributed by atoms with Crippen LogP contribution < -0.4 is 9.47 Å². The number of H-pyrrole nitrogens is 1. The fraction of sp³-hybridized carbons (Fsp3) is 0.435. The van der Waals surface area contributed by atoms with Crippen LogP contribution in [0.5, 0.6) is 11.5 Å². The molecule has 0 radical (unpaired) electrons. The summed E-state index contributed by atoms with van der Waals surface area (Å²) in [6.07, 6.45) is 3.97. The molecule has 0 atom stereocenters. The van der Waals surface area contributed by atoms with E-state index in [2.05, 4.69) is 28.0 Å². The van der Waals surface area contributed by atoms with Crippen molar-refractivity contribution >= 4 is 11.0 Å². The first kappa shape index (κ1) is 19.7. The minimum atomic E-state index is 0.511. The predicted molar refractivity (Wildman–Crippen MR) is 114 cm³/mol. The lowest BCUT2D eigenvalue weighted by atomic mass is 9.93. The Morgan fingerprint density at radius 3 is 2.66 bits per heavy atom. The van der Waals surface area contributed by atoms with E-state index >= 15 is 0 Å². The molecule has 3 aromatic rings. The number of fused-ring (bicyclic) bond motifs is 1. The number of benzene rings is 1. The van der Waals surface area contributed by atoms with Crippen LogP contribution in [-0.4, -0.2) is 55.4 Å². The fourth-order valence-corrected chi connectivity index (χ4v) is 3.94. The largest absolute Gasteiger partial charge is 0.497 e. The van der Waals surface area contributed by atoms with Gasteiger partial charge in [0.2, 0.25) is 0 Å². The topological polar surface area (TPSA) is 59.6 Å². The molecule has 4 rings (SSSR count). The molecule has 0 bridgehead atoms. The third-order valence-electron chi connectivity index (χ3n) is 5.57. The SMILES string of the molecule is COc1ccc(OCCN(C)Cc2c(C3CCOCC3)[nH]c3ncccc23)cc1. The van der Waals surface area contributed by atoms with Gasteiger partial charge >= 0.3 is 0 Å². The van der Waals surface area contributed by atoms with Crippen LogP contribution in [0.2, 0.25) is 0 Å². The van der Waals surface area contributed by atoms with E-state index in [1.165, 1.54) is 16.6 Å². The predicted octanol–water partition coefficient (Wildman–Crippen LogP) is 3.98. The van der Waals surface area contributed by atoms with Gasteiger partial charge in [0.1, 0.15) is 23.8 Å². The number of methoxy groups -OCH3 is 1. The zero-order valence-electron chi connectivity index (χ0n) is 17.2. The standard InChI is InChI=1S/C23H29N3O3/c1-26(12-15-29-19-7-5-18(27-2)6-8-19)16-21-20-4-3-11-24-23(20)25-22(21)17-9-13-28-14-10-17/h3-8,11,17H,9-10,12-16H2,1-2H3,(H,24,25). The van der Waals surface area contributed by atoms with Gasteiger partial charge in [-0.05, 0) is 61.9 Å². The number of nitrogens with zero attached hydrogens (tertiary/aromatic N) is 2. The first-order valence-electron chi connectivity index (χ1n) is 10.2. The minimum Gasteiger partial charge on any atom is -0.497 e. The summed E-state index contributed by atoms with van der Waals surface area (Å²) in [7, 11) is 3.81. The molecule has 0 saturated carbocycles. The molecule has 1 aromatic carbocycles. The zero-order chi connectivity index (χ0) is 20.1. The van der Waals surface area contributed by atoms with Crippen LogP contribution in [-0.2, 0) is 11.3 Å². The van der Waals surface area contributed by atoms with Gasteiger partial charge < -0.3 is 19.2 Å². The molecule has 1 aliphatic rings. The first-order valence-corrected chi connectivity index (χ1v) is 10.2. The van der Waals surface area contributed by atoms with E-state index in [1.54, 1.807) is 7.11 Å². The Hall–Kier alpha value is -2.57. The van der Waals surface area contributed by atoms with Gasteiger partial charge in [0.15, 0.2) is 0 Å². The van der Waals surface area contributed by atoms with Crippen molar-refractivity contribution < 1.29 is 14.2 Å². The lowest BCUT2D eigenvalue weighted by molar-refractivity contribution is 0.0843. The smallest absolute Gasteiger partial charge is 0.137 e. The van der Waals surface area contributed by atoms with E-state index < -0.39 is 0 Å². The second-order valence-electron chi connectivity index (χ2n) is 7.57. The number of likely N-dealkylation sites (N-methyl/N-ethyl adjacent to an activating group) is 1. The highest BCUT2D eigenvalue weighted by Crippen LogP contribution is 2.33. The van der Waals surface area contributed by atoms with Crippen LogP contribution in [0, 0.1) is 0 Å². The molecule has 154 valence electrons. The third kappa shape index (κ3) is 4.71. The molecular weight excluding hydrogens is 366 g/mol. The van der Waals surface area contributed by atoms with Crippen LogP contribution in [0.4, 0.5) is 0 Å². The molecule has 0 aliphatic carbocycles. The van der Waals surface area contributed by atoms with Gasteiger partial charge in [-0.25, -0.2) is 4.98 Å². The maximum atomic E-state index is 5.90. The van der Waals surface area contributed by atoms with Gasteiger partial charge in [-0.3, -0.25) is 4.90 Å². The van der Waals surface area contributed by atoms with Crippen LogP contribution in [0.15, 0.2) is 42.6 Å². The summed E-state index contributed by atoms with van der Waals surface area (Å²) >= 11 is 0. The molecule has 0 amide bonds. The van der Waals surface area contributed by atoms with Gasteiger partial charge in [0, 0.05) is 49.5 Å². The lowest BCUT2D eigenvalue weighted by Gasteiger charge is -2.24. The molecule has 1 saturated heterocycles. The van der Waals surface area contributed by atoms with Crippen molar-refractivity contribution in [1.29, 1.82) is 0 Å². The van der Waals surface area contributed by atoms with Crippen molar-refractivity contribution in [3.05, 3.63) is 53.9 Å². The Morgan fingerprint density at radius 2 is 1.90 bits per heavy atom. The van der Waals surface area contributed by atoms with E-state index in [4.69, 9.17) is 14.2 Å². The molecule has 1 fully saturated rings. The summed E-state index contributed by atoms with van der Waals surface area (Å²) in [6, 6.07) is 11.9. The highest BCUT2D eigenvalue weighted by atomic mass is 16.5. The number of hydrogen-bond donors (Lipinski definition) is 1. The van der Waals surface area contributed by atoms with Crippen molar-refractivity contribution in [3.63, 3.8) is 0 Å². The Morgan fingerprint density at radius 1 is 1.14 bits per heavy atom. The van der Waals surface area contributed by atoms with Crippen molar-refractivity contribution in [1.82, 2.24) is 14.9 Å². The van der Waals surface area contributed by atoms with E-state index in [-0.39, 0.29) is 0 Å². The number of ether oxygens (including phenoxy) is 3. The molecule has 2 aromatic heterocycles. The monoisotopic (exact) mass is 395 g/mol. The van der Waals surface area contributed by atoms with E-state index in [1.807, 2.05) is 36.5 Å². The van der Waals surface area contributed by atoms with Crippen LogP contribution >= 0.6 is 0 Å². The van der Waals surface area contributed by atoms with Crippen molar-refractivity contribution in [3.8, 4) is 11.5 Å². The number of hydrogen-bond acceptors (Lipinski definition) is 5. The highest BCUT2D eigenvalue weighted by molar-refractivity contribution is 5.81. The number of pyridine rings is 1. The molecule has 0 spiro atoms. The summed E-state index contributed by atoms with van der Waals surface area (Å²) < 4.78 is 16.6. The third-order valence-corrected chi connectivity index (χ3v) is 5.57. The van der Waals surface area contributed by atoms with Crippen LogP contribution in [0.3, 0.4) is 0 Å². The van der Waals surface area contributed by atoms with E-state index in [0.29, 0.717) is 12.5 Å². The molecule has 0 unspecified atom stereocenters. The average molecular weight is 396 g/mol. The zero-order valence-corrected chi connectivity index (χ0v) is 17.2. The summed E-state index contributed by atoms with van der Waals surface area (Å²) in [6.45, 7) is 4.00. The second-order valence-corrected chi connectivity index (χ2v) is 7.57. The van der Waals surface area contributed by atoms with Gasteiger partial charge in [0.05, 0.1) is 7.11 Å². The fourth-order valence-electron chi connectivity index (χ4n) is 3.94. The molecule has 1 aliphatic heterocycles. The van der Waals surface area contributed by atoms with Crippen molar-refractivity contribution in [2.45, 2.75) is 25.3 Å². The maximum Gasteiger partial charge on any atom is 0.137 e. The minimum absolute atomic E-state index is 0.511. The summed E-state index contributed by atoms with van der Waals surface area (Å²) in [5, 5.41) is 1.22. The summed E-state index contributed by atoms with van der Waals surface area (Å²) in [4.78, 5) is 10.4. The molecule has 6 nitrogen and oxygen atoms in total. The Bertz CT molecular complexity index is 917. The summed E-state index contributed by atoms with van der Waals surface area (Å²) in [5.41, 5.74) is 3.66. The van der Waals surface area contributed by atoms with Crippen molar-refractivity contribution in [2.75, 3.05) is 40.5 Å². The van der Waals surface area contributed by atoms with Gasteiger partial charge in [-0.15, -0.1) is 0 Å². The second kappa shape index (κ2) is 9.29. The van der Waals surface area contributed by atoms with Gasteiger partial charge in [-0.2, -0.15) is 0 Å². The lowest BCUT2D eigenvalue weighted by Crippen LogP contribution is -2.25.